The van der Waals surface area contributed by atoms with Crippen LogP contribution in [0.2, 0.25) is 0 Å². The molecule has 0 radical (unpaired) electrons. The number of fused-ring (bicyclic) bond motifs is 1. The summed E-state index contributed by atoms with van der Waals surface area (Å²) in [7, 11) is 0. The van der Waals surface area contributed by atoms with Crippen LogP contribution in [-0.4, -0.2) is 27.1 Å². The molecule has 0 aliphatic heterocycles. The summed E-state index contributed by atoms with van der Waals surface area (Å²) < 4.78 is 0. The fraction of sp³-hybridized carbons (Fsp3) is 0.273. The van der Waals surface area contributed by atoms with Crippen molar-refractivity contribution in [2.24, 2.45) is 0 Å². The van der Waals surface area contributed by atoms with Gasteiger partial charge >= 0.3 is 5.97 Å². The molecule has 2 heterocycles. The Morgan fingerprint density at radius 2 is 1.96 bits per heavy atom. The molecule has 0 bridgehead atoms. The van der Waals surface area contributed by atoms with Crippen LogP contribution in [0.15, 0.2) is 48.8 Å². The first kappa shape index (κ1) is 17.3. The number of pyridine rings is 1. The number of benzene rings is 1. The Balaban J connectivity index is 1.68. The molecule has 2 aromatic heterocycles. The van der Waals surface area contributed by atoms with Crippen molar-refractivity contribution in [3.8, 4) is 0 Å². The smallest absolute Gasteiger partial charge is 0.336 e. The Morgan fingerprint density at radius 1 is 1.19 bits per heavy atom. The van der Waals surface area contributed by atoms with Crippen molar-refractivity contribution in [2.75, 3.05) is 5.32 Å². The molecule has 1 aromatic carbocycles. The summed E-state index contributed by atoms with van der Waals surface area (Å²) in [6, 6.07) is 11.7. The topological polar surface area (TPSA) is 78.0 Å². The number of rotatable bonds is 5. The molecule has 3 aromatic rings. The molecule has 5 nitrogen and oxygen atoms in total. The fourth-order valence-corrected chi connectivity index (χ4v) is 3.75. The van der Waals surface area contributed by atoms with Crippen LogP contribution in [0.3, 0.4) is 0 Å². The summed E-state index contributed by atoms with van der Waals surface area (Å²) >= 11 is 0. The van der Waals surface area contributed by atoms with Gasteiger partial charge in [-0.2, -0.15) is 0 Å². The highest BCUT2D eigenvalue weighted by Crippen LogP contribution is 2.27. The average molecular weight is 361 g/mol. The first-order chi connectivity index (χ1) is 13.2. The second kappa shape index (κ2) is 7.66. The van der Waals surface area contributed by atoms with Gasteiger partial charge in [0, 0.05) is 23.2 Å². The second-order valence-corrected chi connectivity index (χ2v) is 7.07. The molecule has 0 amide bonds. The molecule has 0 saturated heterocycles. The van der Waals surface area contributed by atoms with E-state index in [1.807, 2.05) is 42.7 Å². The van der Waals surface area contributed by atoms with Crippen LogP contribution in [0, 0.1) is 0 Å². The van der Waals surface area contributed by atoms with Gasteiger partial charge in [-0.15, -0.1) is 0 Å². The minimum atomic E-state index is -0.944. The van der Waals surface area contributed by atoms with Crippen LogP contribution in [-0.2, 0) is 4.79 Å². The van der Waals surface area contributed by atoms with Gasteiger partial charge in [0.05, 0.1) is 17.5 Å². The molecule has 0 atom stereocenters. The van der Waals surface area contributed by atoms with Gasteiger partial charge in [-0.25, -0.2) is 9.78 Å². The molecule has 0 unspecified atom stereocenters. The molecule has 1 saturated carbocycles. The zero-order valence-corrected chi connectivity index (χ0v) is 15.1. The highest BCUT2D eigenvalue weighted by Gasteiger charge is 2.15. The second-order valence-electron chi connectivity index (χ2n) is 7.07. The predicted octanol–water partition coefficient (Wildman–Crippen LogP) is 4.93. The summed E-state index contributed by atoms with van der Waals surface area (Å²) in [4.78, 5) is 19.4. The lowest BCUT2D eigenvalue weighted by Gasteiger charge is -2.23. The largest absolute Gasteiger partial charge is 0.478 e. The number of hydrogen-bond donors (Lipinski definition) is 3. The first-order valence-corrected chi connectivity index (χ1v) is 9.45. The van der Waals surface area contributed by atoms with Gasteiger partial charge in [-0.05, 0) is 30.5 Å². The van der Waals surface area contributed by atoms with Crippen LogP contribution in [0.1, 0.15) is 43.2 Å². The van der Waals surface area contributed by atoms with E-state index >= 15 is 0 Å². The van der Waals surface area contributed by atoms with E-state index in [2.05, 4.69) is 21.4 Å². The molecule has 138 valence electrons. The zero-order chi connectivity index (χ0) is 18.6. The van der Waals surface area contributed by atoms with E-state index < -0.39 is 5.97 Å². The third-order valence-electron chi connectivity index (χ3n) is 5.15. The third kappa shape index (κ3) is 3.87. The Bertz CT molecular complexity index is 970. The summed E-state index contributed by atoms with van der Waals surface area (Å²) in [6.07, 6.45) is 11.6. The van der Waals surface area contributed by atoms with E-state index in [4.69, 9.17) is 0 Å². The maximum Gasteiger partial charge on any atom is 0.336 e. The van der Waals surface area contributed by atoms with Crippen LogP contribution in [0.25, 0.3) is 22.7 Å². The molecule has 3 N–H and O–H groups in total. The van der Waals surface area contributed by atoms with Gasteiger partial charge in [0.25, 0.3) is 0 Å². The van der Waals surface area contributed by atoms with Crippen molar-refractivity contribution in [1.29, 1.82) is 0 Å². The van der Waals surface area contributed by atoms with Gasteiger partial charge in [-0.1, -0.05) is 49.6 Å². The van der Waals surface area contributed by atoms with Gasteiger partial charge in [0.1, 0.15) is 5.65 Å². The Labute approximate surface area is 158 Å². The summed E-state index contributed by atoms with van der Waals surface area (Å²) in [5.41, 5.74) is 3.52. The molecule has 1 aliphatic rings. The quantitative estimate of drug-likeness (QED) is 0.563. The van der Waals surface area contributed by atoms with Crippen molar-refractivity contribution in [1.82, 2.24) is 9.97 Å². The molecule has 27 heavy (non-hydrogen) atoms. The summed E-state index contributed by atoms with van der Waals surface area (Å²) in [5, 5.41) is 14.2. The maximum absolute atomic E-state index is 11.8. The molecule has 4 rings (SSSR count). The van der Waals surface area contributed by atoms with Crippen molar-refractivity contribution in [3.63, 3.8) is 0 Å². The summed E-state index contributed by atoms with van der Waals surface area (Å²) in [6.45, 7) is 0. The highest BCUT2D eigenvalue weighted by atomic mass is 16.4. The molecular weight excluding hydrogens is 338 g/mol. The van der Waals surface area contributed by atoms with E-state index in [0.29, 0.717) is 11.6 Å². The molecule has 1 fully saturated rings. The fourth-order valence-electron chi connectivity index (χ4n) is 3.75. The number of nitrogens with zero attached hydrogens (tertiary/aromatic N) is 1. The van der Waals surface area contributed by atoms with Crippen molar-refractivity contribution in [3.05, 3.63) is 59.9 Å². The van der Waals surface area contributed by atoms with Gasteiger partial charge < -0.3 is 15.4 Å². The number of carboxylic acids is 1. The van der Waals surface area contributed by atoms with E-state index in [1.165, 1.54) is 32.1 Å². The van der Waals surface area contributed by atoms with E-state index in [1.54, 1.807) is 6.08 Å². The zero-order valence-electron chi connectivity index (χ0n) is 15.1. The normalized spacial score (nSPS) is 15.8. The lowest BCUT2D eigenvalue weighted by Crippen LogP contribution is -2.22. The van der Waals surface area contributed by atoms with Crippen molar-refractivity contribution >= 4 is 34.3 Å². The molecule has 1 aliphatic carbocycles. The molecule has 5 heteroatoms. The first-order valence-electron chi connectivity index (χ1n) is 9.45. The maximum atomic E-state index is 11.8. The number of H-pyrrole nitrogens is 1. The van der Waals surface area contributed by atoms with Gasteiger partial charge in [-0.3, -0.25) is 0 Å². The average Bonchev–Trinajstić information content (AvgIpc) is 3.09. The van der Waals surface area contributed by atoms with E-state index in [9.17, 15) is 9.90 Å². The Morgan fingerprint density at radius 3 is 2.70 bits per heavy atom. The lowest BCUT2D eigenvalue weighted by molar-refractivity contribution is -0.130. The third-order valence-corrected chi connectivity index (χ3v) is 5.15. The highest BCUT2D eigenvalue weighted by molar-refractivity contribution is 6.21. The Kier molecular flexibility index (Phi) is 4.92. The Hall–Kier alpha value is -3.08. The number of aromatic nitrogens is 2. The van der Waals surface area contributed by atoms with Crippen LogP contribution >= 0.6 is 0 Å². The van der Waals surface area contributed by atoms with Gasteiger partial charge in [0.2, 0.25) is 0 Å². The predicted molar refractivity (Wildman–Crippen MR) is 109 cm³/mol. The standard InChI is InChI=1S/C22H23N3O2/c26-22(27)20(15-7-3-1-4-8-15)11-16-13-23-21-19(16)12-18(14-24-21)25-17-9-5-2-6-10-17/h1,3-4,7-8,11-14,17,25H,2,5-6,9-10H2,(H,23,24)(H,26,27)/b20-11+. The number of aliphatic carboxylic acids is 1. The van der Waals surface area contributed by atoms with E-state index in [-0.39, 0.29) is 5.57 Å². The van der Waals surface area contributed by atoms with Gasteiger partial charge in [0.15, 0.2) is 0 Å². The number of nitrogens with one attached hydrogen (secondary N) is 2. The minimum absolute atomic E-state index is 0.266. The van der Waals surface area contributed by atoms with Crippen LogP contribution in [0.5, 0.6) is 0 Å². The SMILES string of the molecule is O=C(O)/C(=C/c1c[nH]c2ncc(NC3CCCCC3)cc12)c1ccccc1. The van der Waals surface area contributed by atoms with Crippen LogP contribution < -0.4 is 5.32 Å². The summed E-state index contributed by atoms with van der Waals surface area (Å²) in [5.74, 6) is -0.944. The molecule has 0 spiro atoms. The van der Waals surface area contributed by atoms with Crippen molar-refractivity contribution < 1.29 is 9.90 Å². The van der Waals surface area contributed by atoms with Crippen LogP contribution in [0.4, 0.5) is 5.69 Å². The monoisotopic (exact) mass is 361 g/mol. The number of hydrogen-bond acceptors (Lipinski definition) is 3. The number of carbonyl (C=O) groups is 1. The lowest BCUT2D eigenvalue weighted by atomic mass is 9.95. The molecular formula is C22H23N3O2. The van der Waals surface area contributed by atoms with Crippen molar-refractivity contribution in [2.45, 2.75) is 38.1 Å². The number of aromatic amines is 1. The number of anilines is 1. The van der Waals surface area contributed by atoms with E-state index in [0.717, 1.165) is 22.3 Å². The minimum Gasteiger partial charge on any atom is -0.478 e. The number of carboxylic acid groups (broad SMARTS) is 1.